The van der Waals surface area contributed by atoms with Crippen LogP contribution in [-0.2, 0) is 4.74 Å². The molecule has 1 saturated carbocycles. The largest absolute Gasteiger partial charge is 0.381 e. The zero-order valence-electron chi connectivity index (χ0n) is 12.3. The summed E-state index contributed by atoms with van der Waals surface area (Å²) in [5.74, 6) is 1.03. The smallest absolute Gasteiger partial charge is 0.157 e. The van der Waals surface area contributed by atoms with Crippen LogP contribution in [0.4, 0.5) is 0 Å². The van der Waals surface area contributed by atoms with Gasteiger partial charge < -0.3 is 10.1 Å². The minimum atomic E-state index is 0.183. The average Bonchev–Trinajstić information content (AvgIpc) is 2.92. The van der Waals surface area contributed by atoms with Crippen molar-refractivity contribution < 1.29 is 4.74 Å². The number of methoxy groups -OCH3 is 1. The van der Waals surface area contributed by atoms with E-state index in [4.69, 9.17) is 9.73 Å². The lowest BCUT2D eigenvalue weighted by atomic mass is 9.64. The van der Waals surface area contributed by atoms with E-state index in [1.807, 2.05) is 11.8 Å². The molecule has 1 fully saturated rings. The SMILES string of the molecule is COC1CC(NC2=NC(c3ccccc3)CS2)C1(C)C. The Balaban J connectivity index is 1.63. The molecule has 0 amide bonds. The van der Waals surface area contributed by atoms with Crippen molar-refractivity contribution in [1.82, 2.24) is 5.32 Å². The molecule has 3 atom stereocenters. The number of nitrogens with zero attached hydrogens (tertiary/aromatic N) is 1. The number of benzene rings is 1. The molecule has 0 aromatic heterocycles. The molecule has 20 heavy (non-hydrogen) atoms. The first-order valence-electron chi connectivity index (χ1n) is 7.16. The maximum absolute atomic E-state index is 5.50. The van der Waals surface area contributed by atoms with Crippen molar-refractivity contribution in [3.63, 3.8) is 0 Å². The molecule has 1 aliphatic carbocycles. The molecular formula is C16H22N2OS. The van der Waals surface area contributed by atoms with E-state index in [-0.39, 0.29) is 5.41 Å². The molecule has 1 aromatic rings. The van der Waals surface area contributed by atoms with Gasteiger partial charge in [0.2, 0.25) is 0 Å². The highest BCUT2D eigenvalue weighted by Gasteiger charge is 2.49. The fourth-order valence-corrected chi connectivity index (χ4v) is 3.99. The van der Waals surface area contributed by atoms with E-state index in [1.54, 1.807) is 7.11 Å². The van der Waals surface area contributed by atoms with Gasteiger partial charge in [0.15, 0.2) is 5.17 Å². The van der Waals surface area contributed by atoms with Gasteiger partial charge >= 0.3 is 0 Å². The Bertz CT molecular complexity index is 500. The van der Waals surface area contributed by atoms with Crippen LogP contribution >= 0.6 is 11.8 Å². The van der Waals surface area contributed by atoms with Crippen LogP contribution in [0, 0.1) is 5.41 Å². The Morgan fingerprint density at radius 3 is 2.70 bits per heavy atom. The zero-order valence-corrected chi connectivity index (χ0v) is 13.1. The van der Waals surface area contributed by atoms with Crippen LogP contribution in [0.1, 0.15) is 31.9 Å². The third kappa shape index (κ3) is 2.47. The summed E-state index contributed by atoms with van der Waals surface area (Å²) in [6.45, 7) is 4.52. The molecule has 0 bridgehead atoms. The summed E-state index contributed by atoms with van der Waals surface area (Å²) in [6.07, 6.45) is 1.43. The fraction of sp³-hybridized carbons (Fsp3) is 0.562. The number of hydrogen-bond donors (Lipinski definition) is 1. The van der Waals surface area contributed by atoms with E-state index in [0.29, 0.717) is 18.2 Å². The Kier molecular flexibility index (Phi) is 3.78. The lowest BCUT2D eigenvalue weighted by Gasteiger charge is -2.51. The zero-order chi connectivity index (χ0) is 14.2. The van der Waals surface area contributed by atoms with Gasteiger partial charge in [0.1, 0.15) is 0 Å². The topological polar surface area (TPSA) is 33.6 Å². The molecule has 3 nitrogen and oxygen atoms in total. The number of amidine groups is 1. The standard InChI is InChI=1S/C16H22N2OS/c1-16(2)13(9-14(16)19-3)18-15-17-12(10-20-15)11-7-5-4-6-8-11/h4-8,12-14H,9-10H2,1-3H3,(H,17,18). The number of aliphatic imine (C=N–C) groups is 1. The lowest BCUT2D eigenvalue weighted by molar-refractivity contribution is -0.0918. The van der Waals surface area contributed by atoms with E-state index in [1.165, 1.54) is 5.56 Å². The molecule has 4 heteroatoms. The summed E-state index contributed by atoms with van der Waals surface area (Å²) < 4.78 is 5.50. The van der Waals surface area contributed by atoms with Crippen molar-refractivity contribution in [2.75, 3.05) is 12.9 Å². The highest BCUT2D eigenvalue weighted by Crippen LogP contribution is 2.43. The average molecular weight is 290 g/mol. The molecule has 1 N–H and O–H groups in total. The predicted octanol–water partition coefficient (Wildman–Crippen LogP) is 3.23. The molecule has 0 radical (unpaired) electrons. The predicted molar refractivity (Wildman–Crippen MR) is 85.2 cm³/mol. The van der Waals surface area contributed by atoms with Gasteiger partial charge in [-0.15, -0.1) is 0 Å². The van der Waals surface area contributed by atoms with Crippen LogP contribution in [0.3, 0.4) is 0 Å². The highest BCUT2D eigenvalue weighted by molar-refractivity contribution is 8.14. The number of nitrogens with one attached hydrogen (secondary N) is 1. The minimum absolute atomic E-state index is 0.183. The molecule has 1 aliphatic heterocycles. The van der Waals surface area contributed by atoms with Gasteiger partial charge in [-0.1, -0.05) is 55.9 Å². The molecule has 3 unspecified atom stereocenters. The van der Waals surface area contributed by atoms with Gasteiger partial charge in [0.05, 0.1) is 12.1 Å². The number of ether oxygens (including phenoxy) is 1. The third-order valence-corrected chi connectivity index (χ3v) is 5.57. The van der Waals surface area contributed by atoms with Crippen LogP contribution < -0.4 is 5.32 Å². The van der Waals surface area contributed by atoms with Gasteiger partial charge in [0, 0.05) is 24.3 Å². The minimum Gasteiger partial charge on any atom is -0.381 e. The van der Waals surface area contributed by atoms with Crippen LogP contribution in [0.5, 0.6) is 0 Å². The number of thioether (sulfide) groups is 1. The van der Waals surface area contributed by atoms with E-state index in [9.17, 15) is 0 Å². The van der Waals surface area contributed by atoms with Gasteiger partial charge in [0.25, 0.3) is 0 Å². The van der Waals surface area contributed by atoms with Crippen molar-refractivity contribution in [2.24, 2.45) is 10.4 Å². The normalized spacial score (nSPS) is 31.6. The maximum atomic E-state index is 5.50. The third-order valence-electron chi connectivity index (χ3n) is 4.60. The molecule has 2 aliphatic rings. The monoisotopic (exact) mass is 290 g/mol. The second-order valence-electron chi connectivity index (χ2n) is 6.15. The van der Waals surface area contributed by atoms with Crippen molar-refractivity contribution in [2.45, 2.75) is 38.5 Å². The number of rotatable bonds is 3. The van der Waals surface area contributed by atoms with E-state index in [2.05, 4.69) is 49.5 Å². The second kappa shape index (κ2) is 5.41. The summed E-state index contributed by atoms with van der Waals surface area (Å²) in [7, 11) is 1.80. The Morgan fingerprint density at radius 2 is 2.05 bits per heavy atom. The Labute approximate surface area is 125 Å². The first kappa shape index (κ1) is 14.0. The van der Waals surface area contributed by atoms with Crippen molar-refractivity contribution in [3.8, 4) is 0 Å². The van der Waals surface area contributed by atoms with Gasteiger partial charge in [-0.25, -0.2) is 0 Å². The molecule has 3 rings (SSSR count). The van der Waals surface area contributed by atoms with Crippen LogP contribution in [0.15, 0.2) is 35.3 Å². The lowest BCUT2D eigenvalue weighted by Crippen LogP contribution is -2.61. The van der Waals surface area contributed by atoms with Crippen molar-refractivity contribution in [3.05, 3.63) is 35.9 Å². The van der Waals surface area contributed by atoms with E-state index >= 15 is 0 Å². The fourth-order valence-electron chi connectivity index (χ4n) is 2.98. The molecule has 1 heterocycles. The molecular weight excluding hydrogens is 268 g/mol. The molecule has 1 aromatic carbocycles. The molecule has 0 spiro atoms. The first-order chi connectivity index (χ1) is 9.61. The van der Waals surface area contributed by atoms with Crippen molar-refractivity contribution in [1.29, 1.82) is 0 Å². The van der Waals surface area contributed by atoms with Gasteiger partial charge in [-0.05, 0) is 12.0 Å². The molecule has 108 valence electrons. The summed E-state index contributed by atoms with van der Waals surface area (Å²) >= 11 is 1.83. The summed E-state index contributed by atoms with van der Waals surface area (Å²) in [6, 6.07) is 11.3. The summed E-state index contributed by atoms with van der Waals surface area (Å²) in [5, 5.41) is 4.69. The van der Waals surface area contributed by atoms with Gasteiger partial charge in [-0.3, -0.25) is 4.99 Å². The van der Waals surface area contributed by atoms with Crippen LogP contribution in [0.2, 0.25) is 0 Å². The Hall–Kier alpha value is -1.00. The first-order valence-corrected chi connectivity index (χ1v) is 8.14. The van der Waals surface area contributed by atoms with E-state index in [0.717, 1.165) is 17.3 Å². The Morgan fingerprint density at radius 1 is 1.30 bits per heavy atom. The van der Waals surface area contributed by atoms with Gasteiger partial charge in [-0.2, -0.15) is 0 Å². The van der Waals surface area contributed by atoms with E-state index < -0.39 is 0 Å². The maximum Gasteiger partial charge on any atom is 0.157 e. The highest BCUT2D eigenvalue weighted by atomic mass is 32.2. The summed E-state index contributed by atoms with van der Waals surface area (Å²) in [5.41, 5.74) is 1.49. The van der Waals surface area contributed by atoms with Crippen molar-refractivity contribution >= 4 is 16.9 Å². The summed E-state index contributed by atoms with van der Waals surface area (Å²) in [4.78, 5) is 4.82. The van der Waals surface area contributed by atoms with Crippen LogP contribution in [0.25, 0.3) is 0 Å². The second-order valence-corrected chi connectivity index (χ2v) is 7.16. The molecule has 0 saturated heterocycles. The quantitative estimate of drug-likeness (QED) is 0.928. The van der Waals surface area contributed by atoms with Crippen LogP contribution in [-0.4, -0.2) is 30.2 Å². The number of hydrogen-bond acceptors (Lipinski definition) is 4.